The van der Waals surface area contributed by atoms with Gasteiger partial charge in [0.25, 0.3) is 5.91 Å². The van der Waals surface area contributed by atoms with E-state index in [4.69, 9.17) is 0 Å². The van der Waals surface area contributed by atoms with Crippen LogP contribution in [0, 0.1) is 5.82 Å². The maximum atomic E-state index is 13.8. The van der Waals surface area contributed by atoms with Gasteiger partial charge < -0.3 is 5.32 Å². The van der Waals surface area contributed by atoms with Gasteiger partial charge in [0.15, 0.2) is 0 Å². The van der Waals surface area contributed by atoms with Crippen molar-refractivity contribution in [3.63, 3.8) is 0 Å². The molecule has 0 unspecified atom stereocenters. The van der Waals surface area contributed by atoms with Gasteiger partial charge in [0, 0.05) is 18.8 Å². The van der Waals surface area contributed by atoms with Crippen molar-refractivity contribution in [1.82, 2.24) is 15.1 Å². The van der Waals surface area contributed by atoms with Gasteiger partial charge in [-0.1, -0.05) is 18.2 Å². The molecule has 0 saturated carbocycles. The van der Waals surface area contributed by atoms with Crippen molar-refractivity contribution in [3.05, 3.63) is 53.6 Å². The molecule has 100 valence electrons. The molecule has 0 aliphatic carbocycles. The quantitative estimate of drug-likeness (QED) is 0.921. The highest BCUT2D eigenvalue weighted by molar-refractivity contribution is 5.93. The third kappa shape index (κ3) is 2.65. The van der Waals surface area contributed by atoms with Crippen molar-refractivity contribution < 1.29 is 9.18 Å². The highest BCUT2D eigenvalue weighted by atomic mass is 19.1. The summed E-state index contributed by atoms with van der Waals surface area (Å²) in [6.07, 6.45) is 1.55. The first-order chi connectivity index (χ1) is 8.92. The fraction of sp³-hybridized carbons (Fsp3) is 0.286. The first-order valence-electron chi connectivity index (χ1n) is 5.97. The second-order valence-electron chi connectivity index (χ2n) is 4.90. The highest BCUT2D eigenvalue weighted by Gasteiger charge is 2.27. The van der Waals surface area contributed by atoms with E-state index in [0.717, 1.165) is 0 Å². The lowest BCUT2D eigenvalue weighted by molar-refractivity contribution is 0.0901. The molecule has 0 atom stereocenters. The summed E-state index contributed by atoms with van der Waals surface area (Å²) in [6, 6.07) is 8.03. The van der Waals surface area contributed by atoms with Crippen molar-refractivity contribution in [1.29, 1.82) is 0 Å². The number of rotatable bonds is 3. The maximum absolute atomic E-state index is 13.8. The number of benzene rings is 1. The standard InChI is InChI=1S/C14H16FN3O/c1-14(2,10-6-4-5-7-11(10)15)17-13(19)12-8-9-16-18(12)3/h4-9H,1-3H3,(H,17,19). The predicted molar refractivity (Wildman–Crippen MR) is 70.1 cm³/mol. The van der Waals surface area contributed by atoms with Crippen LogP contribution in [0.15, 0.2) is 36.5 Å². The Morgan fingerprint density at radius 1 is 1.32 bits per heavy atom. The molecule has 1 aromatic carbocycles. The van der Waals surface area contributed by atoms with Crippen LogP contribution in [0.5, 0.6) is 0 Å². The molecule has 5 heteroatoms. The molecule has 1 aromatic heterocycles. The Morgan fingerprint density at radius 2 is 2.00 bits per heavy atom. The van der Waals surface area contributed by atoms with E-state index in [1.807, 2.05) is 0 Å². The zero-order valence-corrected chi connectivity index (χ0v) is 11.1. The molecule has 4 nitrogen and oxygen atoms in total. The third-order valence-corrected chi connectivity index (χ3v) is 3.03. The molecule has 0 fully saturated rings. The van der Waals surface area contributed by atoms with E-state index in [9.17, 15) is 9.18 Å². The van der Waals surface area contributed by atoms with Crippen LogP contribution in [-0.4, -0.2) is 15.7 Å². The second-order valence-corrected chi connectivity index (χ2v) is 4.90. The molecule has 19 heavy (non-hydrogen) atoms. The SMILES string of the molecule is Cn1nccc1C(=O)NC(C)(C)c1ccccc1F. The average Bonchev–Trinajstić information content (AvgIpc) is 2.75. The lowest BCUT2D eigenvalue weighted by atomic mass is 9.93. The van der Waals surface area contributed by atoms with E-state index in [-0.39, 0.29) is 11.7 Å². The summed E-state index contributed by atoms with van der Waals surface area (Å²) in [5.74, 6) is -0.619. The minimum atomic E-state index is -0.799. The first-order valence-corrected chi connectivity index (χ1v) is 5.97. The Hall–Kier alpha value is -2.17. The normalized spacial score (nSPS) is 11.4. The van der Waals surface area contributed by atoms with Crippen LogP contribution in [0.2, 0.25) is 0 Å². The number of carbonyl (C=O) groups excluding carboxylic acids is 1. The molecule has 2 rings (SSSR count). The van der Waals surface area contributed by atoms with Crippen LogP contribution in [0.25, 0.3) is 0 Å². The van der Waals surface area contributed by atoms with Crippen molar-refractivity contribution in [2.24, 2.45) is 7.05 Å². The number of aromatic nitrogens is 2. The van der Waals surface area contributed by atoms with Gasteiger partial charge >= 0.3 is 0 Å². The Bertz CT molecular complexity index is 604. The fourth-order valence-corrected chi connectivity index (χ4v) is 1.98. The van der Waals surface area contributed by atoms with Crippen LogP contribution in [0.1, 0.15) is 29.9 Å². The van der Waals surface area contributed by atoms with Crippen LogP contribution in [0.3, 0.4) is 0 Å². The van der Waals surface area contributed by atoms with Crippen molar-refractivity contribution in [3.8, 4) is 0 Å². The molecule has 0 bridgehead atoms. The predicted octanol–water partition coefficient (Wildman–Crippen LogP) is 2.22. The number of amides is 1. The van der Waals surface area contributed by atoms with Gasteiger partial charge in [0.2, 0.25) is 0 Å². The Labute approximate surface area is 111 Å². The van der Waals surface area contributed by atoms with Crippen LogP contribution in [-0.2, 0) is 12.6 Å². The van der Waals surface area contributed by atoms with Gasteiger partial charge in [-0.05, 0) is 26.0 Å². The second kappa shape index (κ2) is 4.84. The monoisotopic (exact) mass is 261 g/mol. The lowest BCUT2D eigenvalue weighted by Crippen LogP contribution is -2.42. The Balaban J connectivity index is 2.25. The molecule has 0 saturated heterocycles. The van der Waals surface area contributed by atoms with Gasteiger partial charge in [-0.15, -0.1) is 0 Å². The molecule has 0 aliphatic rings. The number of carbonyl (C=O) groups is 1. The van der Waals surface area contributed by atoms with Crippen molar-refractivity contribution in [2.45, 2.75) is 19.4 Å². The Kier molecular flexibility index (Phi) is 3.38. The summed E-state index contributed by atoms with van der Waals surface area (Å²) in [6.45, 7) is 3.53. The maximum Gasteiger partial charge on any atom is 0.270 e. The molecular formula is C14H16FN3O. The fourth-order valence-electron chi connectivity index (χ4n) is 1.98. The number of aryl methyl sites for hydroxylation is 1. The summed E-state index contributed by atoms with van der Waals surface area (Å²) >= 11 is 0. The summed E-state index contributed by atoms with van der Waals surface area (Å²) < 4.78 is 15.3. The number of halogens is 1. The van der Waals surface area contributed by atoms with Gasteiger partial charge in [-0.2, -0.15) is 5.10 Å². The molecule has 2 aromatic rings. The van der Waals surface area contributed by atoms with E-state index in [0.29, 0.717) is 11.3 Å². The summed E-state index contributed by atoms with van der Waals surface area (Å²) in [4.78, 5) is 12.1. The topological polar surface area (TPSA) is 46.9 Å². The number of hydrogen-bond acceptors (Lipinski definition) is 2. The summed E-state index contributed by atoms with van der Waals surface area (Å²) in [7, 11) is 1.69. The third-order valence-electron chi connectivity index (χ3n) is 3.03. The van der Waals surface area contributed by atoms with Crippen LogP contribution in [0.4, 0.5) is 4.39 Å². The number of nitrogens with zero attached hydrogens (tertiary/aromatic N) is 2. The van der Waals surface area contributed by atoms with Gasteiger partial charge in [0.1, 0.15) is 11.5 Å². The van der Waals surface area contributed by atoms with E-state index >= 15 is 0 Å². The molecule has 0 radical (unpaired) electrons. The van der Waals surface area contributed by atoms with E-state index < -0.39 is 5.54 Å². The minimum Gasteiger partial charge on any atom is -0.342 e. The molecule has 0 spiro atoms. The minimum absolute atomic E-state index is 0.284. The van der Waals surface area contributed by atoms with Gasteiger partial charge in [-0.3, -0.25) is 9.48 Å². The zero-order chi connectivity index (χ0) is 14.0. The first kappa shape index (κ1) is 13.3. The number of hydrogen-bond donors (Lipinski definition) is 1. The van der Waals surface area contributed by atoms with Gasteiger partial charge in [0.05, 0.1) is 5.54 Å². The van der Waals surface area contributed by atoms with Crippen LogP contribution < -0.4 is 5.32 Å². The van der Waals surface area contributed by atoms with Crippen molar-refractivity contribution >= 4 is 5.91 Å². The Morgan fingerprint density at radius 3 is 2.58 bits per heavy atom. The number of nitrogens with one attached hydrogen (secondary N) is 1. The lowest BCUT2D eigenvalue weighted by Gasteiger charge is -2.27. The molecular weight excluding hydrogens is 245 g/mol. The molecule has 1 N–H and O–H groups in total. The van der Waals surface area contributed by atoms with Crippen molar-refractivity contribution in [2.75, 3.05) is 0 Å². The largest absolute Gasteiger partial charge is 0.342 e. The summed E-state index contributed by atoms with van der Waals surface area (Å²) in [5, 5.41) is 6.76. The average molecular weight is 261 g/mol. The molecule has 0 aliphatic heterocycles. The van der Waals surface area contributed by atoms with Gasteiger partial charge in [-0.25, -0.2) is 4.39 Å². The van der Waals surface area contributed by atoms with E-state index in [2.05, 4.69) is 10.4 Å². The van der Waals surface area contributed by atoms with Crippen LogP contribution >= 0.6 is 0 Å². The smallest absolute Gasteiger partial charge is 0.270 e. The molecule has 1 heterocycles. The highest BCUT2D eigenvalue weighted by Crippen LogP contribution is 2.23. The summed E-state index contributed by atoms with van der Waals surface area (Å²) in [5.41, 5.74) is 0.0853. The molecule has 1 amide bonds. The van der Waals surface area contributed by atoms with E-state index in [1.165, 1.54) is 10.7 Å². The zero-order valence-electron chi connectivity index (χ0n) is 11.1. The van der Waals surface area contributed by atoms with E-state index in [1.54, 1.807) is 51.4 Å².